The first kappa shape index (κ1) is 13.2. The van der Waals surface area contributed by atoms with Gasteiger partial charge in [0.15, 0.2) is 0 Å². The topological polar surface area (TPSA) is 12.0 Å². The minimum absolute atomic E-state index is 0.0899. The summed E-state index contributed by atoms with van der Waals surface area (Å²) in [5.41, 5.74) is 0.816. The van der Waals surface area contributed by atoms with Crippen LogP contribution in [0.3, 0.4) is 0 Å². The largest absolute Gasteiger partial charge is 0.316 e. The molecule has 0 heterocycles. The second-order valence-electron chi connectivity index (χ2n) is 4.83. The molecular weight excluding hydrogens is 201 g/mol. The Balaban J connectivity index is 2.70. The van der Waals surface area contributed by atoms with E-state index in [-0.39, 0.29) is 5.82 Å². The molecular formula is C14H22FN. The van der Waals surface area contributed by atoms with Gasteiger partial charge < -0.3 is 5.32 Å². The molecule has 1 rings (SSSR count). The van der Waals surface area contributed by atoms with E-state index < -0.39 is 0 Å². The highest BCUT2D eigenvalue weighted by atomic mass is 19.1. The zero-order chi connectivity index (χ0) is 12.1. The van der Waals surface area contributed by atoms with Crippen LogP contribution >= 0.6 is 0 Å². The monoisotopic (exact) mass is 223 g/mol. The zero-order valence-electron chi connectivity index (χ0n) is 10.6. The van der Waals surface area contributed by atoms with E-state index in [1.165, 1.54) is 6.07 Å². The van der Waals surface area contributed by atoms with Crippen molar-refractivity contribution in [3.63, 3.8) is 0 Å². The normalized spacial score (nSPS) is 15.1. The molecule has 0 bridgehead atoms. The molecule has 0 aliphatic heterocycles. The molecule has 1 N–H and O–H groups in total. The summed E-state index contributed by atoms with van der Waals surface area (Å²) in [5.74, 6) is 0.904. The van der Waals surface area contributed by atoms with Crippen LogP contribution in [0.2, 0.25) is 0 Å². The first-order chi connectivity index (χ1) is 7.56. The number of rotatable bonds is 5. The molecule has 0 spiro atoms. The third-order valence-corrected chi connectivity index (χ3v) is 3.16. The quantitative estimate of drug-likeness (QED) is 0.808. The Morgan fingerprint density at radius 3 is 2.31 bits per heavy atom. The lowest BCUT2D eigenvalue weighted by molar-refractivity contribution is 0.312. The summed E-state index contributed by atoms with van der Waals surface area (Å²) >= 11 is 0. The van der Waals surface area contributed by atoms with Crippen LogP contribution in [0.4, 0.5) is 4.39 Å². The Morgan fingerprint density at radius 1 is 1.19 bits per heavy atom. The van der Waals surface area contributed by atoms with Crippen LogP contribution in [0.1, 0.15) is 26.3 Å². The first-order valence-electron chi connectivity index (χ1n) is 5.97. The second kappa shape index (κ2) is 6.00. The highest BCUT2D eigenvalue weighted by molar-refractivity contribution is 5.18. The molecule has 0 fully saturated rings. The van der Waals surface area contributed by atoms with Gasteiger partial charge in [-0.1, -0.05) is 39.0 Å². The molecule has 2 unspecified atom stereocenters. The Labute approximate surface area is 98.1 Å². The van der Waals surface area contributed by atoms with Crippen LogP contribution in [-0.2, 0) is 6.42 Å². The third kappa shape index (κ3) is 3.31. The molecule has 0 aliphatic carbocycles. The number of halogens is 1. The maximum atomic E-state index is 13.5. The second-order valence-corrected chi connectivity index (χ2v) is 4.83. The lowest BCUT2D eigenvalue weighted by atomic mass is 9.87. The molecule has 0 amide bonds. The van der Waals surface area contributed by atoms with Crippen LogP contribution in [0.15, 0.2) is 24.3 Å². The molecule has 2 atom stereocenters. The summed E-state index contributed by atoms with van der Waals surface area (Å²) in [6.07, 6.45) is 0.788. The van der Waals surface area contributed by atoms with Gasteiger partial charge in [-0.15, -0.1) is 0 Å². The lowest BCUT2D eigenvalue weighted by Gasteiger charge is -2.27. The summed E-state index contributed by atoms with van der Waals surface area (Å²) in [6.45, 7) is 6.56. The van der Waals surface area contributed by atoms with E-state index in [1.54, 1.807) is 6.07 Å². The molecule has 0 saturated carbocycles. The molecule has 1 nitrogen and oxygen atoms in total. The smallest absolute Gasteiger partial charge is 0.126 e. The summed E-state index contributed by atoms with van der Waals surface area (Å²) in [4.78, 5) is 0. The standard InChI is InChI=1S/C14H22FN/c1-10(2)14(16-4)11(3)9-12-7-5-6-8-13(12)15/h5-8,10-11,14,16H,9H2,1-4H3. The molecule has 1 aromatic carbocycles. The molecule has 0 radical (unpaired) electrons. The number of hydrogen-bond acceptors (Lipinski definition) is 1. The molecule has 0 aromatic heterocycles. The fourth-order valence-electron chi connectivity index (χ4n) is 2.41. The Bertz CT molecular complexity index is 322. The van der Waals surface area contributed by atoms with E-state index in [1.807, 2.05) is 19.2 Å². The Morgan fingerprint density at radius 2 is 1.81 bits per heavy atom. The van der Waals surface area contributed by atoms with Gasteiger partial charge in [0.2, 0.25) is 0 Å². The van der Waals surface area contributed by atoms with Gasteiger partial charge >= 0.3 is 0 Å². The van der Waals surface area contributed by atoms with Gasteiger partial charge in [-0.2, -0.15) is 0 Å². The van der Waals surface area contributed by atoms with Gasteiger partial charge in [0, 0.05) is 6.04 Å². The number of benzene rings is 1. The van der Waals surface area contributed by atoms with Gasteiger partial charge in [0.25, 0.3) is 0 Å². The van der Waals surface area contributed by atoms with E-state index in [0.717, 1.165) is 12.0 Å². The third-order valence-electron chi connectivity index (χ3n) is 3.16. The molecule has 1 aromatic rings. The number of hydrogen-bond donors (Lipinski definition) is 1. The van der Waals surface area contributed by atoms with Crippen molar-refractivity contribution in [2.24, 2.45) is 11.8 Å². The van der Waals surface area contributed by atoms with Crippen molar-refractivity contribution in [2.45, 2.75) is 33.2 Å². The fraction of sp³-hybridized carbons (Fsp3) is 0.571. The van der Waals surface area contributed by atoms with Crippen LogP contribution in [0.25, 0.3) is 0 Å². The van der Waals surface area contributed by atoms with Gasteiger partial charge in [-0.3, -0.25) is 0 Å². The van der Waals surface area contributed by atoms with Crippen molar-refractivity contribution in [3.8, 4) is 0 Å². The van der Waals surface area contributed by atoms with E-state index >= 15 is 0 Å². The average Bonchev–Trinajstić information content (AvgIpc) is 2.22. The average molecular weight is 223 g/mol. The van der Waals surface area contributed by atoms with E-state index in [0.29, 0.717) is 17.9 Å². The number of nitrogens with one attached hydrogen (secondary N) is 1. The molecule has 0 aliphatic rings. The molecule has 2 heteroatoms. The summed E-state index contributed by atoms with van der Waals surface area (Å²) < 4.78 is 13.5. The minimum Gasteiger partial charge on any atom is -0.316 e. The fourth-order valence-corrected chi connectivity index (χ4v) is 2.41. The Hall–Kier alpha value is -0.890. The van der Waals surface area contributed by atoms with Crippen LogP contribution < -0.4 is 5.32 Å². The molecule has 16 heavy (non-hydrogen) atoms. The van der Waals surface area contributed by atoms with E-state index in [2.05, 4.69) is 26.1 Å². The van der Waals surface area contributed by atoms with Crippen LogP contribution in [0, 0.1) is 17.7 Å². The van der Waals surface area contributed by atoms with Crippen molar-refractivity contribution < 1.29 is 4.39 Å². The first-order valence-corrected chi connectivity index (χ1v) is 5.97. The summed E-state index contributed by atoms with van der Waals surface area (Å²) in [7, 11) is 1.97. The summed E-state index contributed by atoms with van der Waals surface area (Å²) in [6, 6.07) is 7.47. The highest BCUT2D eigenvalue weighted by Crippen LogP contribution is 2.19. The van der Waals surface area contributed by atoms with E-state index in [4.69, 9.17) is 0 Å². The van der Waals surface area contributed by atoms with Gasteiger partial charge in [0.05, 0.1) is 0 Å². The molecule has 0 saturated heterocycles. The van der Waals surface area contributed by atoms with E-state index in [9.17, 15) is 4.39 Å². The van der Waals surface area contributed by atoms with Crippen molar-refractivity contribution in [1.29, 1.82) is 0 Å². The Kier molecular flexibility index (Phi) is 4.94. The minimum atomic E-state index is -0.0899. The van der Waals surface area contributed by atoms with Crippen molar-refractivity contribution >= 4 is 0 Å². The highest BCUT2D eigenvalue weighted by Gasteiger charge is 2.19. The van der Waals surface area contributed by atoms with Crippen LogP contribution in [0.5, 0.6) is 0 Å². The van der Waals surface area contributed by atoms with Crippen molar-refractivity contribution in [1.82, 2.24) is 5.32 Å². The van der Waals surface area contributed by atoms with Crippen molar-refractivity contribution in [2.75, 3.05) is 7.05 Å². The lowest BCUT2D eigenvalue weighted by Crippen LogP contribution is -2.37. The SMILES string of the molecule is CNC(C(C)C)C(C)Cc1ccccc1F. The predicted molar refractivity (Wildman–Crippen MR) is 67.0 cm³/mol. The summed E-state index contributed by atoms with van der Waals surface area (Å²) in [5, 5.41) is 3.32. The van der Waals surface area contributed by atoms with Crippen LogP contribution in [-0.4, -0.2) is 13.1 Å². The molecule has 90 valence electrons. The zero-order valence-corrected chi connectivity index (χ0v) is 10.6. The maximum Gasteiger partial charge on any atom is 0.126 e. The van der Waals surface area contributed by atoms with Gasteiger partial charge in [-0.25, -0.2) is 4.39 Å². The maximum absolute atomic E-state index is 13.5. The van der Waals surface area contributed by atoms with Gasteiger partial charge in [-0.05, 0) is 36.9 Å². The van der Waals surface area contributed by atoms with Crippen molar-refractivity contribution in [3.05, 3.63) is 35.6 Å². The van der Waals surface area contributed by atoms with Gasteiger partial charge in [0.1, 0.15) is 5.82 Å². The predicted octanol–water partition coefficient (Wildman–Crippen LogP) is 3.25.